The third-order valence-electron chi connectivity index (χ3n) is 2.68. The molecule has 100 valence electrons. The number of aliphatic hydroxyl groups excluding tert-OH is 1. The molecule has 0 aliphatic carbocycles. The third-order valence-corrected chi connectivity index (χ3v) is 2.68. The number of hydrogen-bond acceptors (Lipinski definition) is 4. The molecule has 2 N–H and O–H groups in total. The number of aliphatic hydroxyl groups is 1. The lowest BCUT2D eigenvalue weighted by Crippen LogP contribution is -2.33. The first kappa shape index (κ1) is 13.2. The van der Waals surface area contributed by atoms with Crippen molar-refractivity contribution in [2.24, 2.45) is 0 Å². The van der Waals surface area contributed by atoms with Crippen molar-refractivity contribution in [2.75, 3.05) is 6.61 Å². The quantitative estimate of drug-likeness (QED) is 0.832. The monoisotopic (exact) mass is 260 g/mol. The predicted octanol–water partition coefficient (Wildman–Crippen LogP) is 0.768. The maximum absolute atomic E-state index is 12.0. The lowest BCUT2D eigenvalue weighted by Gasteiger charge is -2.12. The molecule has 2 aromatic heterocycles. The van der Waals surface area contributed by atoms with Gasteiger partial charge in [-0.3, -0.25) is 9.36 Å². The average molecular weight is 260 g/mol. The Bertz CT molecular complexity index is 539. The third kappa shape index (κ3) is 3.38. The minimum absolute atomic E-state index is 0.0456. The van der Waals surface area contributed by atoms with Crippen LogP contribution in [0.1, 0.15) is 23.8 Å². The standard InChI is InChI=1S/C13H16N4O2/c1-10(5-8-18)15-13(19)11-3-2-4-12(16-11)17-7-6-14-9-17/h2-4,6-7,9-10,18H,5,8H2,1H3,(H,15,19). The van der Waals surface area contributed by atoms with Gasteiger partial charge < -0.3 is 10.4 Å². The summed E-state index contributed by atoms with van der Waals surface area (Å²) in [6, 6.07) is 5.14. The Hall–Kier alpha value is -2.21. The van der Waals surface area contributed by atoms with Crippen molar-refractivity contribution in [1.29, 1.82) is 0 Å². The van der Waals surface area contributed by atoms with E-state index in [0.717, 1.165) is 0 Å². The zero-order valence-corrected chi connectivity index (χ0v) is 10.7. The summed E-state index contributed by atoms with van der Waals surface area (Å²) < 4.78 is 1.73. The van der Waals surface area contributed by atoms with E-state index in [1.807, 2.05) is 6.92 Å². The Kier molecular flexibility index (Phi) is 4.25. The second-order valence-corrected chi connectivity index (χ2v) is 4.24. The topological polar surface area (TPSA) is 80.0 Å². The fourth-order valence-corrected chi connectivity index (χ4v) is 1.65. The van der Waals surface area contributed by atoms with Crippen LogP contribution in [0.25, 0.3) is 5.82 Å². The van der Waals surface area contributed by atoms with Gasteiger partial charge in [-0.15, -0.1) is 0 Å². The second-order valence-electron chi connectivity index (χ2n) is 4.24. The maximum atomic E-state index is 12.0. The molecular formula is C13H16N4O2. The molecule has 0 aromatic carbocycles. The van der Waals surface area contributed by atoms with Gasteiger partial charge in [-0.2, -0.15) is 0 Å². The van der Waals surface area contributed by atoms with Crippen molar-refractivity contribution in [3.8, 4) is 5.82 Å². The molecule has 0 saturated heterocycles. The molecule has 0 radical (unpaired) electrons. The zero-order valence-electron chi connectivity index (χ0n) is 10.7. The Morgan fingerprint density at radius 3 is 3.05 bits per heavy atom. The number of nitrogens with zero attached hydrogens (tertiary/aromatic N) is 3. The molecule has 1 unspecified atom stereocenters. The van der Waals surface area contributed by atoms with Gasteiger partial charge in [-0.25, -0.2) is 9.97 Å². The van der Waals surface area contributed by atoms with Crippen molar-refractivity contribution in [3.63, 3.8) is 0 Å². The lowest BCUT2D eigenvalue weighted by atomic mass is 10.2. The van der Waals surface area contributed by atoms with Crippen molar-refractivity contribution in [2.45, 2.75) is 19.4 Å². The summed E-state index contributed by atoms with van der Waals surface area (Å²) in [6.45, 7) is 1.89. The average Bonchev–Trinajstić information content (AvgIpc) is 2.93. The molecule has 0 spiro atoms. The van der Waals surface area contributed by atoms with Crippen LogP contribution in [0.3, 0.4) is 0 Å². The number of aromatic nitrogens is 3. The first-order valence-electron chi connectivity index (χ1n) is 6.08. The normalized spacial score (nSPS) is 12.1. The summed E-state index contributed by atoms with van der Waals surface area (Å²) in [5.41, 5.74) is 0.344. The zero-order chi connectivity index (χ0) is 13.7. The smallest absolute Gasteiger partial charge is 0.270 e. The first-order chi connectivity index (χ1) is 9.20. The summed E-state index contributed by atoms with van der Waals surface area (Å²) in [5.74, 6) is 0.392. The van der Waals surface area contributed by atoms with Gasteiger partial charge in [0, 0.05) is 25.0 Å². The van der Waals surface area contributed by atoms with E-state index < -0.39 is 0 Å². The molecule has 0 saturated carbocycles. The number of nitrogens with one attached hydrogen (secondary N) is 1. The van der Waals surface area contributed by atoms with Gasteiger partial charge in [0.25, 0.3) is 5.91 Å². The fraction of sp³-hybridized carbons (Fsp3) is 0.308. The van der Waals surface area contributed by atoms with E-state index in [1.165, 1.54) is 0 Å². The molecule has 1 atom stereocenters. The Morgan fingerprint density at radius 2 is 2.37 bits per heavy atom. The molecule has 2 aromatic rings. The van der Waals surface area contributed by atoms with Gasteiger partial charge in [-0.1, -0.05) is 6.07 Å². The highest BCUT2D eigenvalue weighted by molar-refractivity contribution is 5.92. The van der Waals surface area contributed by atoms with E-state index in [9.17, 15) is 4.79 Å². The molecule has 19 heavy (non-hydrogen) atoms. The summed E-state index contributed by atoms with van der Waals surface area (Å²) in [7, 11) is 0. The highest BCUT2D eigenvalue weighted by Crippen LogP contribution is 2.05. The van der Waals surface area contributed by atoms with E-state index in [1.54, 1.807) is 41.5 Å². The van der Waals surface area contributed by atoms with E-state index in [4.69, 9.17) is 5.11 Å². The molecule has 0 aliphatic rings. The summed E-state index contributed by atoms with van der Waals surface area (Å²) in [6.07, 6.45) is 5.56. The Balaban J connectivity index is 2.12. The van der Waals surface area contributed by atoms with Crippen molar-refractivity contribution < 1.29 is 9.90 Å². The molecule has 6 heteroatoms. The highest BCUT2D eigenvalue weighted by atomic mass is 16.3. The number of pyridine rings is 1. The highest BCUT2D eigenvalue weighted by Gasteiger charge is 2.11. The number of rotatable bonds is 5. The Morgan fingerprint density at radius 1 is 1.53 bits per heavy atom. The van der Waals surface area contributed by atoms with Gasteiger partial charge in [0.1, 0.15) is 17.8 Å². The van der Waals surface area contributed by atoms with Crippen LogP contribution < -0.4 is 5.32 Å². The van der Waals surface area contributed by atoms with Crippen molar-refractivity contribution in [1.82, 2.24) is 19.9 Å². The number of carbonyl (C=O) groups is 1. The Labute approximate surface area is 111 Å². The fourth-order valence-electron chi connectivity index (χ4n) is 1.65. The van der Waals surface area contributed by atoms with Crippen LogP contribution in [0.2, 0.25) is 0 Å². The second kappa shape index (κ2) is 6.10. The largest absolute Gasteiger partial charge is 0.396 e. The van der Waals surface area contributed by atoms with Crippen LogP contribution in [-0.2, 0) is 0 Å². The summed E-state index contributed by atoms with van der Waals surface area (Å²) >= 11 is 0. The maximum Gasteiger partial charge on any atom is 0.270 e. The van der Waals surface area contributed by atoms with Crippen molar-refractivity contribution in [3.05, 3.63) is 42.6 Å². The molecule has 0 bridgehead atoms. The summed E-state index contributed by atoms with van der Waals surface area (Å²) in [4.78, 5) is 20.2. The van der Waals surface area contributed by atoms with Crippen LogP contribution in [0.15, 0.2) is 36.9 Å². The van der Waals surface area contributed by atoms with Gasteiger partial charge in [0.2, 0.25) is 0 Å². The van der Waals surface area contributed by atoms with Crippen molar-refractivity contribution >= 4 is 5.91 Å². The molecule has 0 fully saturated rings. The first-order valence-corrected chi connectivity index (χ1v) is 6.08. The summed E-state index contributed by atoms with van der Waals surface area (Å²) in [5, 5.41) is 11.6. The van der Waals surface area contributed by atoms with E-state index in [2.05, 4.69) is 15.3 Å². The van der Waals surface area contributed by atoms with Gasteiger partial charge in [-0.05, 0) is 25.5 Å². The molecule has 2 heterocycles. The number of carbonyl (C=O) groups excluding carboxylic acids is 1. The van der Waals surface area contributed by atoms with Gasteiger partial charge in [0.05, 0.1) is 0 Å². The van der Waals surface area contributed by atoms with Crippen LogP contribution in [0, 0.1) is 0 Å². The molecule has 6 nitrogen and oxygen atoms in total. The molecule has 2 rings (SSSR count). The van der Waals surface area contributed by atoms with Crippen LogP contribution in [-0.4, -0.2) is 38.2 Å². The molecule has 0 aliphatic heterocycles. The number of hydrogen-bond donors (Lipinski definition) is 2. The SMILES string of the molecule is CC(CCO)NC(=O)c1cccc(-n2ccnc2)n1. The van der Waals surface area contributed by atoms with E-state index in [-0.39, 0.29) is 18.6 Å². The molecular weight excluding hydrogens is 244 g/mol. The van der Waals surface area contributed by atoms with Crippen LogP contribution in [0.5, 0.6) is 0 Å². The van der Waals surface area contributed by atoms with Gasteiger partial charge >= 0.3 is 0 Å². The lowest BCUT2D eigenvalue weighted by molar-refractivity contribution is 0.0929. The van der Waals surface area contributed by atoms with Crippen LogP contribution >= 0.6 is 0 Å². The van der Waals surface area contributed by atoms with E-state index >= 15 is 0 Å². The van der Waals surface area contributed by atoms with Crippen LogP contribution in [0.4, 0.5) is 0 Å². The van der Waals surface area contributed by atoms with Gasteiger partial charge in [0.15, 0.2) is 0 Å². The molecule has 1 amide bonds. The van der Waals surface area contributed by atoms with E-state index in [0.29, 0.717) is 17.9 Å². The predicted molar refractivity (Wildman–Crippen MR) is 70.0 cm³/mol. The number of imidazole rings is 1. The number of amides is 1. The minimum Gasteiger partial charge on any atom is -0.396 e. The minimum atomic E-state index is -0.247.